The fourth-order valence-corrected chi connectivity index (χ4v) is 3.68. The number of unbranched alkanes of at least 4 members (excludes halogenated alkanes) is 17. The van der Waals surface area contributed by atoms with E-state index in [0.717, 1.165) is 19.3 Å². The lowest BCUT2D eigenvalue weighted by Gasteiger charge is -2.01. The smallest absolute Gasteiger partial charge is 0.303 e. The number of aliphatic carboxylic acids is 1. The van der Waals surface area contributed by atoms with Crippen molar-refractivity contribution in [3.05, 3.63) is 24.3 Å². The van der Waals surface area contributed by atoms with E-state index in [4.69, 9.17) is 5.11 Å². The zero-order chi connectivity index (χ0) is 21.3. The second kappa shape index (κ2) is 25.0. The Kier molecular flexibility index (Phi) is 24.1. The van der Waals surface area contributed by atoms with Crippen LogP contribution in [0.4, 0.5) is 0 Å². The molecule has 0 radical (unpaired) electrons. The highest BCUT2D eigenvalue weighted by Gasteiger charge is 1.96. The van der Waals surface area contributed by atoms with Crippen LogP contribution in [0.2, 0.25) is 0 Å². The van der Waals surface area contributed by atoms with Crippen molar-refractivity contribution in [3.63, 3.8) is 0 Å². The number of carboxylic acids is 1. The minimum absolute atomic E-state index is 0.337. The summed E-state index contributed by atoms with van der Waals surface area (Å²) in [7, 11) is 0. The third-order valence-corrected chi connectivity index (χ3v) is 5.59. The minimum atomic E-state index is -0.657. The van der Waals surface area contributed by atoms with Gasteiger partial charge in [0.1, 0.15) is 0 Å². The molecule has 0 saturated carbocycles. The molecule has 0 aliphatic heterocycles. The van der Waals surface area contributed by atoms with Gasteiger partial charge in [0.05, 0.1) is 0 Å². The number of hydrogen-bond acceptors (Lipinski definition) is 1. The van der Waals surface area contributed by atoms with Crippen LogP contribution in [-0.2, 0) is 4.79 Å². The van der Waals surface area contributed by atoms with E-state index in [9.17, 15) is 4.79 Å². The summed E-state index contributed by atoms with van der Waals surface area (Å²) >= 11 is 0. The van der Waals surface area contributed by atoms with Crippen molar-refractivity contribution >= 4 is 5.97 Å². The highest BCUT2D eigenvalue weighted by Crippen LogP contribution is 2.12. The molecule has 0 aliphatic rings. The van der Waals surface area contributed by atoms with Crippen molar-refractivity contribution in [2.75, 3.05) is 0 Å². The lowest BCUT2D eigenvalue weighted by Crippen LogP contribution is -1.93. The zero-order valence-electron chi connectivity index (χ0n) is 19.5. The predicted octanol–water partition coefficient (Wildman–Crippen LogP) is 9.40. The molecule has 0 amide bonds. The fraction of sp³-hybridized carbons (Fsp3) is 0.815. The first-order valence-electron chi connectivity index (χ1n) is 12.8. The molecule has 0 fully saturated rings. The summed E-state index contributed by atoms with van der Waals surface area (Å²) in [6.45, 7) is 2.28. The molecule has 0 rings (SSSR count). The molecule has 0 heterocycles. The average Bonchev–Trinajstić information content (AvgIpc) is 2.71. The lowest BCUT2D eigenvalue weighted by molar-refractivity contribution is -0.137. The third-order valence-electron chi connectivity index (χ3n) is 5.59. The molecule has 0 aliphatic carbocycles. The minimum Gasteiger partial charge on any atom is -0.481 e. The van der Waals surface area contributed by atoms with E-state index in [1.807, 2.05) is 0 Å². The Bertz CT molecular complexity index is 384. The van der Waals surface area contributed by atoms with Gasteiger partial charge in [0.25, 0.3) is 0 Å². The van der Waals surface area contributed by atoms with Crippen LogP contribution in [0, 0.1) is 0 Å². The predicted molar refractivity (Wildman–Crippen MR) is 129 cm³/mol. The van der Waals surface area contributed by atoms with E-state index in [1.54, 1.807) is 0 Å². The quantitative estimate of drug-likeness (QED) is 0.135. The standard InChI is InChI=1S/C27H50O2/c1-2-3-4-5-6-7-8-9-10-11-12-13-14-15-16-17-18-19-20-21-22-23-24-25-26-27(28)29/h10-11,13-14H,2-9,12,15-26H2,1H3,(H,28,29). The number of hydrogen-bond donors (Lipinski definition) is 1. The first-order valence-corrected chi connectivity index (χ1v) is 12.8. The van der Waals surface area contributed by atoms with Crippen LogP contribution in [0.1, 0.15) is 142 Å². The first kappa shape index (κ1) is 27.9. The van der Waals surface area contributed by atoms with Crippen molar-refractivity contribution in [2.45, 2.75) is 142 Å². The molecule has 170 valence electrons. The Morgan fingerprint density at radius 1 is 0.552 bits per heavy atom. The van der Waals surface area contributed by atoms with Crippen LogP contribution >= 0.6 is 0 Å². The van der Waals surface area contributed by atoms with Crippen molar-refractivity contribution in [1.29, 1.82) is 0 Å². The van der Waals surface area contributed by atoms with Gasteiger partial charge >= 0.3 is 5.97 Å². The monoisotopic (exact) mass is 406 g/mol. The molecule has 0 spiro atoms. The Hall–Kier alpha value is -1.05. The van der Waals surface area contributed by atoms with Gasteiger partial charge in [0, 0.05) is 6.42 Å². The van der Waals surface area contributed by atoms with Gasteiger partial charge in [0.15, 0.2) is 0 Å². The first-order chi connectivity index (χ1) is 14.3. The molecule has 0 saturated heterocycles. The lowest BCUT2D eigenvalue weighted by atomic mass is 10.1. The molecule has 1 N–H and O–H groups in total. The molecular weight excluding hydrogens is 356 g/mol. The van der Waals surface area contributed by atoms with Crippen molar-refractivity contribution < 1.29 is 9.90 Å². The molecular formula is C27H50O2. The van der Waals surface area contributed by atoms with Crippen molar-refractivity contribution in [3.8, 4) is 0 Å². The molecule has 0 aromatic heterocycles. The normalized spacial score (nSPS) is 11.8. The average molecular weight is 407 g/mol. The highest BCUT2D eigenvalue weighted by molar-refractivity contribution is 5.66. The molecule has 0 bridgehead atoms. The molecule has 0 aromatic carbocycles. The Balaban J connectivity index is 3.16. The molecule has 29 heavy (non-hydrogen) atoms. The number of carboxylic acid groups (broad SMARTS) is 1. The van der Waals surface area contributed by atoms with E-state index < -0.39 is 5.97 Å². The summed E-state index contributed by atoms with van der Waals surface area (Å²) in [5.41, 5.74) is 0. The summed E-state index contributed by atoms with van der Waals surface area (Å²) in [6, 6.07) is 0. The summed E-state index contributed by atoms with van der Waals surface area (Å²) in [6.07, 6.45) is 35.5. The number of allylic oxidation sites excluding steroid dienone is 4. The Morgan fingerprint density at radius 2 is 0.931 bits per heavy atom. The molecule has 0 unspecified atom stereocenters. The van der Waals surface area contributed by atoms with Gasteiger partial charge in [-0.25, -0.2) is 0 Å². The van der Waals surface area contributed by atoms with Gasteiger partial charge in [-0.15, -0.1) is 0 Å². The summed E-state index contributed by atoms with van der Waals surface area (Å²) < 4.78 is 0. The third kappa shape index (κ3) is 26.9. The Labute approximate surface area is 182 Å². The molecule has 2 nitrogen and oxygen atoms in total. The van der Waals surface area contributed by atoms with E-state index in [1.165, 1.54) is 109 Å². The van der Waals surface area contributed by atoms with E-state index in [0.29, 0.717) is 6.42 Å². The highest BCUT2D eigenvalue weighted by atomic mass is 16.4. The van der Waals surface area contributed by atoms with Crippen molar-refractivity contribution in [2.24, 2.45) is 0 Å². The van der Waals surface area contributed by atoms with Gasteiger partial charge in [-0.1, -0.05) is 121 Å². The van der Waals surface area contributed by atoms with E-state index >= 15 is 0 Å². The van der Waals surface area contributed by atoms with Crippen LogP contribution < -0.4 is 0 Å². The topological polar surface area (TPSA) is 37.3 Å². The molecule has 0 aromatic rings. The van der Waals surface area contributed by atoms with E-state index in [-0.39, 0.29) is 0 Å². The van der Waals surface area contributed by atoms with Crippen LogP contribution in [0.15, 0.2) is 24.3 Å². The molecule has 0 atom stereocenters. The maximum atomic E-state index is 10.4. The van der Waals surface area contributed by atoms with Crippen LogP contribution in [-0.4, -0.2) is 11.1 Å². The van der Waals surface area contributed by atoms with Crippen LogP contribution in [0.5, 0.6) is 0 Å². The summed E-state index contributed by atoms with van der Waals surface area (Å²) in [5, 5.41) is 8.58. The van der Waals surface area contributed by atoms with Gasteiger partial charge in [-0.05, 0) is 38.5 Å². The van der Waals surface area contributed by atoms with Crippen LogP contribution in [0.25, 0.3) is 0 Å². The zero-order valence-corrected chi connectivity index (χ0v) is 19.5. The van der Waals surface area contributed by atoms with E-state index in [2.05, 4.69) is 31.2 Å². The largest absolute Gasteiger partial charge is 0.481 e. The maximum absolute atomic E-state index is 10.4. The van der Waals surface area contributed by atoms with Gasteiger partial charge in [0.2, 0.25) is 0 Å². The second-order valence-electron chi connectivity index (χ2n) is 8.56. The maximum Gasteiger partial charge on any atom is 0.303 e. The fourth-order valence-electron chi connectivity index (χ4n) is 3.68. The van der Waals surface area contributed by atoms with Gasteiger partial charge < -0.3 is 5.11 Å². The second-order valence-corrected chi connectivity index (χ2v) is 8.56. The summed E-state index contributed by atoms with van der Waals surface area (Å²) in [4.78, 5) is 10.4. The van der Waals surface area contributed by atoms with Crippen LogP contribution in [0.3, 0.4) is 0 Å². The number of carbonyl (C=O) groups is 1. The Morgan fingerprint density at radius 3 is 1.34 bits per heavy atom. The molecule has 2 heteroatoms. The summed E-state index contributed by atoms with van der Waals surface area (Å²) in [5.74, 6) is -0.657. The SMILES string of the molecule is CCCCCCCCCC=CCC=CCCCCCCCCCCCCC(=O)O. The number of rotatable bonds is 23. The van der Waals surface area contributed by atoms with Crippen molar-refractivity contribution in [1.82, 2.24) is 0 Å². The van der Waals surface area contributed by atoms with Gasteiger partial charge in [-0.3, -0.25) is 4.79 Å². The van der Waals surface area contributed by atoms with Gasteiger partial charge in [-0.2, -0.15) is 0 Å².